The number of fused-ring (bicyclic) bond motifs is 18. The van der Waals surface area contributed by atoms with E-state index < -0.39 is 0 Å². The molecule has 0 spiro atoms. The lowest BCUT2D eigenvalue weighted by Gasteiger charge is -2.27. The standard InChI is InChI=1S/C60H37N/c1-4-22-49-43(16-1)46-19-7-10-25-52(46)58-35-39(28-31-55(49)58)38-14-13-15-40(34-38)61(41-29-32-56-50-23-5-2-17-44(50)47-20-8-11-26-53(47)59(56)36-41)42-30-33-57-51-24-6-3-18-45(51)48-21-9-12-27-54(48)60(57)37-42/h1-37H. The Labute approximate surface area is 352 Å². The van der Waals surface area contributed by atoms with Crippen LogP contribution in [0.5, 0.6) is 0 Å². The third-order valence-electron chi connectivity index (χ3n) is 13.2. The first-order valence-corrected chi connectivity index (χ1v) is 21.2. The number of nitrogens with zero attached hydrogens (tertiary/aromatic N) is 1. The molecule has 0 N–H and O–H groups in total. The molecule has 0 saturated heterocycles. The minimum absolute atomic E-state index is 1.11. The second kappa shape index (κ2) is 13.3. The molecule has 61 heavy (non-hydrogen) atoms. The van der Waals surface area contributed by atoms with Crippen molar-refractivity contribution in [3.8, 4) is 11.1 Å². The van der Waals surface area contributed by atoms with Gasteiger partial charge in [0.2, 0.25) is 0 Å². The summed E-state index contributed by atoms with van der Waals surface area (Å²) < 4.78 is 0. The number of hydrogen-bond donors (Lipinski definition) is 0. The first-order chi connectivity index (χ1) is 30.3. The van der Waals surface area contributed by atoms with Gasteiger partial charge < -0.3 is 4.90 Å². The predicted octanol–water partition coefficient (Wildman–Crippen LogP) is 17.2. The van der Waals surface area contributed by atoms with Gasteiger partial charge in [0.1, 0.15) is 0 Å². The summed E-state index contributed by atoms with van der Waals surface area (Å²) in [6, 6.07) is 83.2. The summed E-state index contributed by atoms with van der Waals surface area (Å²) >= 11 is 0. The topological polar surface area (TPSA) is 3.24 Å². The van der Waals surface area contributed by atoms with E-state index in [2.05, 4.69) is 229 Å². The van der Waals surface area contributed by atoms with E-state index in [9.17, 15) is 0 Å². The SMILES string of the molecule is c1cc(-c2ccc3c4ccccc4c4ccccc4c3c2)cc(N(c2ccc3c4ccccc4c4ccccc4c3c2)c2ccc3c4ccccc4c4ccccc4c3c2)c1. The van der Waals surface area contributed by atoms with Crippen LogP contribution >= 0.6 is 0 Å². The van der Waals surface area contributed by atoms with Gasteiger partial charge in [0.25, 0.3) is 0 Å². The number of rotatable bonds is 4. The highest BCUT2D eigenvalue weighted by Crippen LogP contribution is 2.45. The van der Waals surface area contributed by atoms with E-state index in [-0.39, 0.29) is 0 Å². The molecular weight excluding hydrogens is 735 g/mol. The lowest BCUT2D eigenvalue weighted by atomic mass is 9.92. The number of hydrogen-bond acceptors (Lipinski definition) is 1. The van der Waals surface area contributed by atoms with E-state index in [1.807, 2.05) is 0 Å². The first kappa shape index (κ1) is 33.9. The Morgan fingerprint density at radius 3 is 0.787 bits per heavy atom. The van der Waals surface area contributed by atoms with E-state index in [1.165, 1.54) is 108 Å². The van der Waals surface area contributed by atoms with Gasteiger partial charge >= 0.3 is 0 Å². The van der Waals surface area contributed by atoms with Gasteiger partial charge in [0.05, 0.1) is 0 Å². The molecule has 1 heteroatoms. The van der Waals surface area contributed by atoms with Gasteiger partial charge in [0.15, 0.2) is 0 Å². The van der Waals surface area contributed by atoms with Crippen LogP contribution in [0.2, 0.25) is 0 Å². The summed E-state index contributed by atoms with van der Waals surface area (Å²) in [5.41, 5.74) is 5.71. The molecule has 0 amide bonds. The molecule has 0 aromatic heterocycles. The molecule has 13 rings (SSSR count). The number of benzene rings is 13. The maximum Gasteiger partial charge on any atom is 0.0468 e. The van der Waals surface area contributed by atoms with Gasteiger partial charge in [-0.25, -0.2) is 0 Å². The van der Waals surface area contributed by atoms with Crippen LogP contribution in [0.3, 0.4) is 0 Å². The average Bonchev–Trinajstić information content (AvgIpc) is 3.34. The molecule has 0 saturated carbocycles. The smallest absolute Gasteiger partial charge is 0.0468 e. The lowest BCUT2D eigenvalue weighted by Crippen LogP contribution is -2.10. The molecule has 0 heterocycles. The van der Waals surface area contributed by atoms with Crippen molar-refractivity contribution < 1.29 is 0 Å². The van der Waals surface area contributed by atoms with Gasteiger partial charge in [-0.1, -0.05) is 182 Å². The Bertz CT molecular complexity index is 3690. The Morgan fingerprint density at radius 2 is 0.426 bits per heavy atom. The second-order valence-electron chi connectivity index (χ2n) is 16.4. The van der Waals surface area contributed by atoms with Gasteiger partial charge in [-0.15, -0.1) is 0 Å². The molecule has 0 aliphatic rings. The van der Waals surface area contributed by atoms with Crippen LogP contribution in [0.15, 0.2) is 224 Å². The molecule has 0 fully saturated rings. The Hall–Kier alpha value is -8.00. The van der Waals surface area contributed by atoms with Crippen molar-refractivity contribution in [2.45, 2.75) is 0 Å². The molecular formula is C60H37N. The van der Waals surface area contributed by atoms with Crippen molar-refractivity contribution in [3.63, 3.8) is 0 Å². The zero-order valence-corrected chi connectivity index (χ0v) is 33.3. The summed E-state index contributed by atoms with van der Waals surface area (Å²) in [5.74, 6) is 0. The van der Waals surface area contributed by atoms with Crippen LogP contribution in [0.1, 0.15) is 0 Å². The second-order valence-corrected chi connectivity index (χ2v) is 16.4. The first-order valence-electron chi connectivity index (χ1n) is 21.2. The zero-order valence-electron chi connectivity index (χ0n) is 33.3. The largest absolute Gasteiger partial charge is 0.310 e. The van der Waals surface area contributed by atoms with Crippen molar-refractivity contribution in [2.75, 3.05) is 4.90 Å². The molecule has 0 aliphatic carbocycles. The van der Waals surface area contributed by atoms with Crippen LogP contribution in [0.25, 0.3) is 108 Å². The van der Waals surface area contributed by atoms with Gasteiger partial charge in [0, 0.05) is 17.1 Å². The molecule has 0 unspecified atom stereocenters. The highest BCUT2D eigenvalue weighted by atomic mass is 15.1. The maximum atomic E-state index is 2.46. The normalized spacial score (nSPS) is 11.9. The van der Waals surface area contributed by atoms with Gasteiger partial charge in [-0.05, 0) is 151 Å². The summed E-state index contributed by atoms with van der Waals surface area (Å²) in [6.07, 6.45) is 0. The highest BCUT2D eigenvalue weighted by Gasteiger charge is 2.19. The molecule has 0 bridgehead atoms. The van der Waals surface area contributed by atoms with E-state index in [0.29, 0.717) is 0 Å². The van der Waals surface area contributed by atoms with Crippen LogP contribution < -0.4 is 4.90 Å². The van der Waals surface area contributed by atoms with Gasteiger partial charge in [-0.3, -0.25) is 0 Å². The van der Waals surface area contributed by atoms with Crippen molar-refractivity contribution >= 4 is 114 Å². The minimum Gasteiger partial charge on any atom is -0.310 e. The van der Waals surface area contributed by atoms with Gasteiger partial charge in [-0.2, -0.15) is 0 Å². The van der Waals surface area contributed by atoms with Crippen molar-refractivity contribution in [3.05, 3.63) is 224 Å². The summed E-state index contributed by atoms with van der Waals surface area (Å²) in [6.45, 7) is 0. The van der Waals surface area contributed by atoms with E-state index in [1.54, 1.807) is 0 Å². The minimum atomic E-state index is 1.11. The Balaban J connectivity index is 1.06. The monoisotopic (exact) mass is 771 g/mol. The lowest BCUT2D eigenvalue weighted by molar-refractivity contribution is 1.30. The molecule has 13 aromatic carbocycles. The van der Waals surface area contributed by atoms with Crippen LogP contribution in [0, 0.1) is 0 Å². The quantitative estimate of drug-likeness (QED) is 0.161. The molecule has 0 aliphatic heterocycles. The molecule has 1 nitrogen and oxygen atoms in total. The van der Waals surface area contributed by atoms with Crippen molar-refractivity contribution in [1.29, 1.82) is 0 Å². The molecule has 0 atom stereocenters. The summed E-state index contributed by atoms with van der Waals surface area (Å²) in [4.78, 5) is 2.46. The van der Waals surface area contributed by atoms with Crippen LogP contribution in [-0.4, -0.2) is 0 Å². The molecule has 0 radical (unpaired) electrons. The summed E-state index contributed by atoms with van der Waals surface area (Å²) in [7, 11) is 0. The fraction of sp³-hybridized carbons (Fsp3) is 0. The highest BCUT2D eigenvalue weighted by molar-refractivity contribution is 6.28. The molecule has 13 aromatic rings. The Kier molecular flexibility index (Phi) is 7.37. The third-order valence-corrected chi connectivity index (χ3v) is 13.2. The number of anilines is 3. The van der Waals surface area contributed by atoms with E-state index in [4.69, 9.17) is 0 Å². The fourth-order valence-corrected chi connectivity index (χ4v) is 10.4. The predicted molar refractivity (Wildman–Crippen MR) is 264 cm³/mol. The van der Waals surface area contributed by atoms with E-state index >= 15 is 0 Å². The third kappa shape index (κ3) is 5.14. The van der Waals surface area contributed by atoms with Crippen LogP contribution in [-0.2, 0) is 0 Å². The van der Waals surface area contributed by atoms with Crippen LogP contribution in [0.4, 0.5) is 17.1 Å². The zero-order chi connectivity index (χ0) is 40.0. The van der Waals surface area contributed by atoms with Crippen molar-refractivity contribution in [1.82, 2.24) is 0 Å². The maximum absolute atomic E-state index is 2.46. The summed E-state index contributed by atoms with van der Waals surface area (Å²) in [5, 5.41) is 22.9. The molecule has 282 valence electrons. The van der Waals surface area contributed by atoms with Crippen molar-refractivity contribution in [2.24, 2.45) is 0 Å². The average molecular weight is 772 g/mol. The fourth-order valence-electron chi connectivity index (χ4n) is 10.4. The van der Waals surface area contributed by atoms with E-state index in [0.717, 1.165) is 17.1 Å². The Morgan fingerprint density at radius 1 is 0.164 bits per heavy atom.